The highest BCUT2D eigenvalue weighted by Gasteiger charge is 2.21. The normalized spacial score (nSPS) is 12.0. The van der Waals surface area contributed by atoms with E-state index in [0.717, 1.165) is 0 Å². The summed E-state index contributed by atoms with van der Waals surface area (Å²) in [5.41, 5.74) is 3.54. The number of halogens is 2. The maximum Gasteiger partial charge on any atom is 0.129 e. The number of benzene rings is 2. The molecule has 1 unspecified atom stereocenters. The molecule has 0 aliphatic rings. The number of ether oxygens (including phenoxy) is 2. The van der Waals surface area contributed by atoms with Crippen molar-refractivity contribution in [2.75, 3.05) is 14.2 Å². The molecule has 3 N–H and O–H groups in total. The first-order chi connectivity index (χ1) is 10.1. The van der Waals surface area contributed by atoms with Crippen molar-refractivity contribution in [3.8, 4) is 11.5 Å². The minimum atomic E-state index is -0.623. The third kappa shape index (κ3) is 3.26. The van der Waals surface area contributed by atoms with E-state index in [1.54, 1.807) is 44.6 Å². The minimum Gasteiger partial charge on any atom is -0.497 e. The summed E-state index contributed by atoms with van der Waals surface area (Å²) in [6.07, 6.45) is 0. The smallest absolute Gasteiger partial charge is 0.129 e. The van der Waals surface area contributed by atoms with E-state index in [4.69, 9.17) is 26.9 Å². The second-order valence-corrected chi connectivity index (χ2v) is 4.79. The van der Waals surface area contributed by atoms with E-state index >= 15 is 0 Å². The van der Waals surface area contributed by atoms with Gasteiger partial charge < -0.3 is 9.47 Å². The molecule has 2 rings (SSSR count). The molecular formula is C15H16ClFN2O2. The molecule has 112 valence electrons. The fraction of sp³-hybridized carbons (Fsp3) is 0.200. The third-order valence-electron chi connectivity index (χ3n) is 3.16. The van der Waals surface area contributed by atoms with Gasteiger partial charge in [-0.3, -0.25) is 5.84 Å². The molecule has 0 saturated carbocycles. The zero-order valence-corrected chi connectivity index (χ0v) is 12.4. The van der Waals surface area contributed by atoms with E-state index in [0.29, 0.717) is 22.1 Å². The molecule has 21 heavy (non-hydrogen) atoms. The number of rotatable bonds is 5. The summed E-state index contributed by atoms with van der Waals surface area (Å²) in [5, 5.41) is 0.291. The van der Waals surface area contributed by atoms with Crippen LogP contribution in [0.4, 0.5) is 4.39 Å². The van der Waals surface area contributed by atoms with Crippen molar-refractivity contribution in [2.24, 2.45) is 5.84 Å². The van der Waals surface area contributed by atoms with E-state index in [9.17, 15) is 4.39 Å². The van der Waals surface area contributed by atoms with Gasteiger partial charge in [0, 0.05) is 16.7 Å². The van der Waals surface area contributed by atoms with Gasteiger partial charge in [-0.1, -0.05) is 17.7 Å². The lowest BCUT2D eigenvalue weighted by Gasteiger charge is -2.20. The summed E-state index contributed by atoms with van der Waals surface area (Å²) in [4.78, 5) is 0. The van der Waals surface area contributed by atoms with E-state index in [2.05, 4.69) is 5.43 Å². The summed E-state index contributed by atoms with van der Waals surface area (Å²) in [7, 11) is 3.08. The first-order valence-electron chi connectivity index (χ1n) is 6.23. The molecule has 0 aromatic heterocycles. The van der Waals surface area contributed by atoms with E-state index in [-0.39, 0.29) is 5.56 Å². The monoisotopic (exact) mass is 310 g/mol. The molecule has 0 amide bonds. The van der Waals surface area contributed by atoms with E-state index < -0.39 is 11.9 Å². The van der Waals surface area contributed by atoms with Crippen LogP contribution in [0.3, 0.4) is 0 Å². The van der Waals surface area contributed by atoms with Crippen molar-refractivity contribution in [1.82, 2.24) is 5.43 Å². The molecule has 2 aromatic rings. The van der Waals surface area contributed by atoms with Crippen LogP contribution in [0.2, 0.25) is 5.02 Å². The molecule has 2 aromatic carbocycles. The van der Waals surface area contributed by atoms with Crippen LogP contribution in [-0.4, -0.2) is 14.2 Å². The molecule has 1 atom stereocenters. The topological polar surface area (TPSA) is 56.5 Å². The molecular weight excluding hydrogens is 295 g/mol. The predicted molar refractivity (Wildman–Crippen MR) is 80.1 cm³/mol. The zero-order chi connectivity index (χ0) is 15.4. The summed E-state index contributed by atoms with van der Waals surface area (Å²) in [6, 6.07) is 9.08. The molecule has 0 fully saturated rings. The Morgan fingerprint density at radius 2 is 1.76 bits per heavy atom. The number of hydrazine groups is 1. The summed E-state index contributed by atoms with van der Waals surface area (Å²) in [5.74, 6) is 6.32. The van der Waals surface area contributed by atoms with Crippen LogP contribution in [0.15, 0.2) is 36.4 Å². The highest BCUT2D eigenvalue weighted by Crippen LogP contribution is 2.33. The Kier molecular flexibility index (Phi) is 5.01. The number of hydrogen-bond donors (Lipinski definition) is 2. The van der Waals surface area contributed by atoms with Crippen LogP contribution in [0.1, 0.15) is 17.2 Å². The van der Waals surface area contributed by atoms with Gasteiger partial charge in [-0.15, -0.1) is 0 Å². The molecule has 0 bridgehead atoms. The highest BCUT2D eigenvalue weighted by atomic mass is 35.5. The lowest BCUT2D eigenvalue weighted by molar-refractivity contribution is 0.392. The molecule has 0 spiro atoms. The SMILES string of the molecule is COc1cc(OC)cc(C(NN)c2c(F)cccc2Cl)c1. The summed E-state index contributed by atoms with van der Waals surface area (Å²) < 4.78 is 24.5. The van der Waals surface area contributed by atoms with Gasteiger partial charge in [0.2, 0.25) is 0 Å². The summed E-state index contributed by atoms with van der Waals surface area (Å²) >= 11 is 6.10. The van der Waals surface area contributed by atoms with Gasteiger partial charge in [0.25, 0.3) is 0 Å². The maximum atomic E-state index is 14.1. The Balaban J connectivity index is 2.56. The number of nitrogens with one attached hydrogen (secondary N) is 1. The molecule has 0 saturated heterocycles. The van der Waals surface area contributed by atoms with Crippen LogP contribution in [0.25, 0.3) is 0 Å². The fourth-order valence-corrected chi connectivity index (χ4v) is 2.40. The molecule has 6 heteroatoms. The van der Waals surface area contributed by atoms with Gasteiger partial charge in [0.1, 0.15) is 17.3 Å². The Labute approximate surface area is 127 Å². The minimum absolute atomic E-state index is 0.275. The maximum absolute atomic E-state index is 14.1. The second-order valence-electron chi connectivity index (χ2n) is 4.38. The van der Waals surface area contributed by atoms with Crippen LogP contribution in [-0.2, 0) is 0 Å². The Bertz CT molecular complexity index is 595. The molecule has 4 nitrogen and oxygen atoms in total. The molecule has 0 heterocycles. The average molecular weight is 311 g/mol. The molecule has 0 aliphatic carbocycles. The van der Waals surface area contributed by atoms with Gasteiger partial charge in [0.05, 0.1) is 20.3 Å². The van der Waals surface area contributed by atoms with Crippen molar-refractivity contribution < 1.29 is 13.9 Å². The third-order valence-corrected chi connectivity index (χ3v) is 3.49. The van der Waals surface area contributed by atoms with Crippen molar-refractivity contribution in [2.45, 2.75) is 6.04 Å². The lowest BCUT2D eigenvalue weighted by atomic mass is 9.98. The number of nitrogens with two attached hydrogens (primary N) is 1. The lowest BCUT2D eigenvalue weighted by Crippen LogP contribution is -2.29. The predicted octanol–water partition coefficient (Wildman–Crippen LogP) is 3.05. The van der Waals surface area contributed by atoms with Gasteiger partial charge in [-0.05, 0) is 29.8 Å². The van der Waals surface area contributed by atoms with Gasteiger partial charge in [-0.25, -0.2) is 9.82 Å². The van der Waals surface area contributed by atoms with E-state index in [1.807, 2.05) is 0 Å². The van der Waals surface area contributed by atoms with Gasteiger partial charge in [0.15, 0.2) is 0 Å². The van der Waals surface area contributed by atoms with Crippen molar-refractivity contribution in [3.63, 3.8) is 0 Å². The highest BCUT2D eigenvalue weighted by molar-refractivity contribution is 6.31. The second kappa shape index (κ2) is 6.76. The van der Waals surface area contributed by atoms with Crippen LogP contribution < -0.4 is 20.7 Å². The van der Waals surface area contributed by atoms with Crippen molar-refractivity contribution in [3.05, 3.63) is 58.4 Å². The fourth-order valence-electron chi connectivity index (χ4n) is 2.13. The molecule has 0 radical (unpaired) electrons. The Hall–Kier alpha value is -1.82. The van der Waals surface area contributed by atoms with Gasteiger partial charge in [-0.2, -0.15) is 0 Å². The van der Waals surface area contributed by atoms with Crippen LogP contribution >= 0.6 is 11.6 Å². The first-order valence-corrected chi connectivity index (χ1v) is 6.61. The quantitative estimate of drug-likeness (QED) is 0.658. The van der Waals surface area contributed by atoms with Crippen LogP contribution in [0.5, 0.6) is 11.5 Å². The van der Waals surface area contributed by atoms with E-state index in [1.165, 1.54) is 6.07 Å². The van der Waals surface area contributed by atoms with Crippen molar-refractivity contribution in [1.29, 1.82) is 0 Å². The number of methoxy groups -OCH3 is 2. The van der Waals surface area contributed by atoms with Gasteiger partial charge >= 0.3 is 0 Å². The Morgan fingerprint density at radius 3 is 2.24 bits per heavy atom. The Morgan fingerprint density at radius 1 is 1.14 bits per heavy atom. The average Bonchev–Trinajstić information content (AvgIpc) is 2.50. The molecule has 0 aliphatic heterocycles. The largest absolute Gasteiger partial charge is 0.497 e. The first kappa shape index (κ1) is 15.6. The standard InChI is InChI=1S/C15H16ClFN2O2/c1-20-10-6-9(7-11(8-10)21-2)15(19-18)14-12(16)4-3-5-13(14)17/h3-8,15,19H,18H2,1-2H3. The van der Waals surface area contributed by atoms with Crippen molar-refractivity contribution >= 4 is 11.6 Å². The zero-order valence-electron chi connectivity index (χ0n) is 11.7. The summed E-state index contributed by atoms with van der Waals surface area (Å²) in [6.45, 7) is 0. The number of hydrogen-bond acceptors (Lipinski definition) is 4. The van der Waals surface area contributed by atoms with Crippen LogP contribution in [0, 0.1) is 5.82 Å².